The lowest BCUT2D eigenvalue weighted by atomic mass is 10.0. The summed E-state index contributed by atoms with van der Waals surface area (Å²) in [5.41, 5.74) is 5.37. The van der Waals surface area contributed by atoms with Crippen LogP contribution in [0.4, 0.5) is 0 Å². The van der Waals surface area contributed by atoms with Crippen molar-refractivity contribution in [2.45, 2.75) is 250 Å². The maximum Gasteiger partial charge on any atom is 0.472 e. The first-order valence-corrected chi connectivity index (χ1v) is 24.2. The zero-order chi connectivity index (χ0) is 39.1. The number of amides is 1. The molecular weight excluding hydrogens is 687 g/mol. The Bertz CT molecular complexity index is 822. The molecule has 0 aromatic carbocycles. The zero-order valence-corrected chi connectivity index (χ0v) is 35.8. The Morgan fingerprint density at radius 3 is 1.26 bits per heavy atom. The first-order valence-electron chi connectivity index (χ1n) is 22.7. The van der Waals surface area contributed by atoms with Gasteiger partial charge in [0.25, 0.3) is 0 Å². The van der Waals surface area contributed by atoms with Gasteiger partial charge in [0.2, 0.25) is 5.91 Å². The Morgan fingerprint density at radius 1 is 0.566 bits per heavy atom. The molecule has 53 heavy (non-hydrogen) atoms. The molecule has 0 rings (SSSR count). The summed E-state index contributed by atoms with van der Waals surface area (Å²) in [4.78, 5) is 22.8. The SMILES string of the molecule is CCCCCCCCCCCCCCCCCCCCCC(O)CC(=O)NC(COP(=O)(O)OCCN)C(O)CCCCCCCCCCCCCC. The molecule has 0 bridgehead atoms. The van der Waals surface area contributed by atoms with E-state index < -0.39 is 32.0 Å². The van der Waals surface area contributed by atoms with Gasteiger partial charge in [-0.05, 0) is 12.8 Å². The van der Waals surface area contributed by atoms with Crippen LogP contribution in [0.15, 0.2) is 0 Å². The summed E-state index contributed by atoms with van der Waals surface area (Å²) >= 11 is 0. The average molecular weight is 777 g/mol. The Balaban J connectivity index is 4.14. The summed E-state index contributed by atoms with van der Waals surface area (Å²) in [6.45, 7) is 4.06. The van der Waals surface area contributed by atoms with E-state index in [1.165, 1.54) is 161 Å². The monoisotopic (exact) mass is 777 g/mol. The van der Waals surface area contributed by atoms with E-state index in [-0.39, 0.29) is 26.2 Å². The Hall–Kier alpha value is -0.540. The van der Waals surface area contributed by atoms with Gasteiger partial charge in [0, 0.05) is 6.54 Å². The van der Waals surface area contributed by atoms with Crippen molar-refractivity contribution in [3.8, 4) is 0 Å². The first kappa shape index (κ1) is 52.5. The van der Waals surface area contributed by atoms with E-state index in [2.05, 4.69) is 19.2 Å². The number of carbonyl (C=O) groups is 1. The van der Waals surface area contributed by atoms with Gasteiger partial charge in [0.05, 0.1) is 37.9 Å². The highest BCUT2D eigenvalue weighted by molar-refractivity contribution is 7.47. The fraction of sp³-hybridized carbons (Fsp3) is 0.977. The van der Waals surface area contributed by atoms with Crippen LogP contribution in [-0.4, -0.2) is 59.0 Å². The van der Waals surface area contributed by atoms with Gasteiger partial charge in [0.15, 0.2) is 0 Å². The molecule has 0 spiro atoms. The van der Waals surface area contributed by atoms with Crippen LogP contribution < -0.4 is 11.1 Å². The molecule has 10 heteroatoms. The molecule has 6 N–H and O–H groups in total. The number of hydrogen-bond acceptors (Lipinski definition) is 7. The van der Waals surface area contributed by atoms with E-state index in [0.717, 1.165) is 38.5 Å². The summed E-state index contributed by atoms with van der Waals surface area (Å²) in [6.07, 6.45) is 38.6. The van der Waals surface area contributed by atoms with Crippen molar-refractivity contribution in [2.24, 2.45) is 5.73 Å². The van der Waals surface area contributed by atoms with Gasteiger partial charge in [-0.25, -0.2) is 4.57 Å². The predicted molar refractivity (Wildman–Crippen MR) is 223 cm³/mol. The fourth-order valence-electron chi connectivity index (χ4n) is 7.06. The maximum absolute atomic E-state index is 12.8. The van der Waals surface area contributed by atoms with Crippen molar-refractivity contribution < 1.29 is 33.5 Å². The van der Waals surface area contributed by atoms with Crippen LogP contribution in [0.5, 0.6) is 0 Å². The van der Waals surface area contributed by atoms with Crippen LogP contribution in [0.1, 0.15) is 232 Å². The first-order chi connectivity index (χ1) is 25.8. The molecule has 1 amide bonds. The minimum absolute atomic E-state index is 0.0626. The molecule has 4 unspecified atom stereocenters. The molecule has 0 aromatic rings. The highest BCUT2D eigenvalue weighted by Gasteiger charge is 2.28. The van der Waals surface area contributed by atoms with Gasteiger partial charge in [-0.15, -0.1) is 0 Å². The van der Waals surface area contributed by atoms with Crippen molar-refractivity contribution in [3.05, 3.63) is 0 Å². The minimum atomic E-state index is -4.37. The van der Waals surface area contributed by atoms with Crippen molar-refractivity contribution >= 4 is 13.7 Å². The molecule has 4 atom stereocenters. The predicted octanol–water partition coefficient (Wildman–Crippen LogP) is 11.6. The molecule has 0 aliphatic rings. The van der Waals surface area contributed by atoms with E-state index in [4.69, 9.17) is 14.8 Å². The van der Waals surface area contributed by atoms with Crippen molar-refractivity contribution in [3.63, 3.8) is 0 Å². The summed E-state index contributed by atoms with van der Waals surface area (Å²) in [5, 5.41) is 24.2. The third-order valence-corrected chi connectivity index (χ3v) is 11.5. The van der Waals surface area contributed by atoms with Crippen LogP contribution >= 0.6 is 7.82 Å². The minimum Gasteiger partial charge on any atom is -0.393 e. The van der Waals surface area contributed by atoms with Gasteiger partial charge in [-0.1, -0.05) is 213 Å². The Kier molecular flexibility index (Phi) is 39.3. The number of phosphoric ester groups is 1. The van der Waals surface area contributed by atoms with E-state index in [0.29, 0.717) is 12.8 Å². The topological polar surface area (TPSA) is 151 Å². The third kappa shape index (κ3) is 38.1. The lowest BCUT2D eigenvalue weighted by Gasteiger charge is -2.25. The second-order valence-corrected chi connectivity index (χ2v) is 17.3. The van der Waals surface area contributed by atoms with Crippen LogP contribution in [-0.2, 0) is 18.4 Å². The van der Waals surface area contributed by atoms with Crippen molar-refractivity contribution in [2.75, 3.05) is 19.8 Å². The second kappa shape index (κ2) is 39.7. The largest absolute Gasteiger partial charge is 0.472 e. The number of nitrogens with one attached hydrogen (secondary N) is 1. The van der Waals surface area contributed by atoms with E-state index in [9.17, 15) is 24.5 Å². The van der Waals surface area contributed by atoms with Crippen LogP contribution in [0.25, 0.3) is 0 Å². The average Bonchev–Trinajstić information content (AvgIpc) is 3.13. The lowest BCUT2D eigenvalue weighted by Crippen LogP contribution is -2.47. The second-order valence-electron chi connectivity index (χ2n) is 15.8. The highest BCUT2D eigenvalue weighted by atomic mass is 31.2. The van der Waals surface area contributed by atoms with Gasteiger partial charge in [-0.3, -0.25) is 13.8 Å². The number of aliphatic hydroxyl groups is 2. The molecule has 0 saturated carbocycles. The number of phosphoric acid groups is 1. The van der Waals surface area contributed by atoms with Gasteiger partial charge in [-0.2, -0.15) is 0 Å². The number of rotatable bonds is 43. The third-order valence-electron chi connectivity index (χ3n) is 10.5. The van der Waals surface area contributed by atoms with E-state index >= 15 is 0 Å². The number of carbonyl (C=O) groups excluding carboxylic acids is 1. The fourth-order valence-corrected chi connectivity index (χ4v) is 7.82. The van der Waals surface area contributed by atoms with Crippen LogP contribution in [0, 0.1) is 0 Å². The smallest absolute Gasteiger partial charge is 0.393 e. The number of unbranched alkanes of at least 4 members (excludes halogenated alkanes) is 29. The lowest BCUT2D eigenvalue weighted by molar-refractivity contribution is -0.125. The van der Waals surface area contributed by atoms with Crippen LogP contribution in [0.3, 0.4) is 0 Å². The molecule has 0 fully saturated rings. The molecule has 9 nitrogen and oxygen atoms in total. The molecule has 0 aliphatic carbocycles. The molecule has 0 aliphatic heterocycles. The molecule has 0 heterocycles. The molecule has 0 radical (unpaired) electrons. The van der Waals surface area contributed by atoms with Gasteiger partial charge >= 0.3 is 7.82 Å². The number of nitrogens with two attached hydrogens (primary N) is 1. The number of aliphatic hydroxyl groups excluding tert-OH is 2. The normalized spacial score (nSPS) is 14.6. The summed E-state index contributed by atoms with van der Waals surface area (Å²) in [5.74, 6) is -0.409. The molecular formula is C43H89N2O7P. The summed E-state index contributed by atoms with van der Waals surface area (Å²) in [6, 6.07) is -0.890. The van der Waals surface area contributed by atoms with E-state index in [1.54, 1.807) is 0 Å². The van der Waals surface area contributed by atoms with Crippen LogP contribution in [0.2, 0.25) is 0 Å². The van der Waals surface area contributed by atoms with Gasteiger partial charge in [0.1, 0.15) is 0 Å². The molecule has 0 aromatic heterocycles. The zero-order valence-electron chi connectivity index (χ0n) is 34.9. The highest BCUT2D eigenvalue weighted by Crippen LogP contribution is 2.43. The summed E-state index contributed by atoms with van der Waals surface area (Å²) in [7, 11) is -4.37. The Labute approximate surface area is 327 Å². The molecule has 318 valence electrons. The quantitative estimate of drug-likeness (QED) is 0.0303. The molecule has 0 saturated heterocycles. The maximum atomic E-state index is 12.8. The van der Waals surface area contributed by atoms with Crippen molar-refractivity contribution in [1.82, 2.24) is 5.32 Å². The number of hydrogen-bond donors (Lipinski definition) is 5. The van der Waals surface area contributed by atoms with Crippen molar-refractivity contribution in [1.29, 1.82) is 0 Å². The van der Waals surface area contributed by atoms with E-state index in [1.807, 2.05) is 0 Å². The van der Waals surface area contributed by atoms with Gasteiger partial charge < -0.3 is 26.2 Å². The summed E-state index contributed by atoms with van der Waals surface area (Å²) < 4.78 is 22.1. The standard InChI is InChI=1S/C43H89N2O7P/c1-3-5-7-9-11-13-15-17-18-19-20-21-22-23-24-26-28-30-32-34-40(46)38-43(48)45-41(39-52-53(49,50)51-37-36-44)42(47)35-33-31-29-27-25-16-14-12-10-8-6-4-2/h40-42,46-47H,3-39,44H2,1-2H3,(H,45,48)(H,49,50). The Morgan fingerprint density at radius 2 is 0.906 bits per heavy atom.